The summed E-state index contributed by atoms with van der Waals surface area (Å²) in [5, 5.41) is 14.7. The topological polar surface area (TPSA) is 102 Å². The van der Waals surface area contributed by atoms with Crippen LogP contribution in [0.4, 0.5) is 11.5 Å². The van der Waals surface area contributed by atoms with Crippen LogP contribution in [0.5, 0.6) is 0 Å². The molecule has 0 saturated carbocycles. The lowest BCUT2D eigenvalue weighted by atomic mass is 10.2. The van der Waals surface area contributed by atoms with Gasteiger partial charge in [0.2, 0.25) is 0 Å². The zero-order valence-electron chi connectivity index (χ0n) is 9.53. The Bertz CT molecular complexity index is 624. The van der Waals surface area contributed by atoms with Crippen molar-refractivity contribution in [1.29, 1.82) is 0 Å². The zero-order chi connectivity index (χ0) is 13.3. The summed E-state index contributed by atoms with van der Waals surface area (Å²) in [6, 6.07) is 1.18. The van der Waals surface area contributed by atoms with E-state index in [1.54, 1.807) is 6.92 Å². The van der Waals surface area contributed by atoms with Gasteiger partial charge in [0.05, 0.1) is 16.7 Å². The summed E-state index contributed by atoms with van der Waals surface area (Å²) in [5.41, 5.74) is 0.414. The smallest absolute Gasteiger partial charge is 0.290 e. The van der Waals surface area contributed by atoms with Crippen LogP contribution in [0, 0.1) is 17.0 Å². The Morgan fingerprint density at radius 3 is 2.78 bits per heavy atom. The van der Waals surface area contributed by atoms with E-state index in [0.29, 0.717) is 11.4 Å². The lowest BCUT2D eigenvalue weighted by molar-refractivity contribution is -0.385. The molecule has 0 aliphatic carbocycles. The van der Waals surface area contributed by atoms with Crippen LogP contribution >= 0.6 is 0 Å². The number of pyridine rings is 1. The maximum absolute atomic E-state index is 11.2. The maximum Gasteiger partial charge on any atom is 0.290 e. The van der Waals surface area contributed by atoms with E-state index in [9.17, 15) is 18.5 Å². The van der Waals surface area contributed by atoms with Crippen LogP contribution < -0.4 is 5.32 Å². The molecule has 18 heavy (non-hydrogen) atoms. The number of aryl methyl sites for hydroxylation is 1. The van der Waals surface area contributed by atoms with Crippen LogP contribution in [-0.4, -0.2) is 30.1 Å². The van der Waals surface area contributed by atoms with E-state index in [1.165, 1.54) is 12.1 Å². The Morgan fingerprint density at radius 1 is 1.56 bits per heavy atom. The van der Waals surface area contributed by atoms with Crippen LogP contribution in [0.25, 0.3) is 0 Å². The lowest BCUT2D eigenvalue weighted by Crippen LogP contribution is -2.21. The van der Waals surface area contributed by atoms with Crippen molar-refractivity contribution in [2.45, 2.75) is 13.0 Å². The van der Waals surface area contributed by atoms with Gasteiger partial charge in [-0.3, -0.25) is 10.1 Å². The molecule has 0 amide bonds. The van der Waals surface area contributed by atoms with E-state index in [0.717, 1.165) is 11.6 Å². The Balaban J connectivity index is 2.15. The van der Waals surface area contributed by atoms with Gasteiger partial charge in [0.1, 0.15) is 12.0 Å². The third kappa shape index (κ3) is 2.65. The Hall–Kier alpha value is -1.96. The summed E-state index contributed by atoms with van der Waals surface area (Å²) in [6.07, 6.45) is 2.69. The summed E-state index contributed by atoms with van der Waals surface area (Å²) in [7, 11) is -3.13. The number of nitro groups is 1. The maximum atomic E-state index is 11.2. The Morgan fingerprint density at radius 2 is 2.28 bits per heavy atom. The van der Waals surface area contributed by atoms with Crippen molar-refractivity contribution in [2.75, 3.05) is 11.1 Å². The molecular weight excluding hydrogens is 258 g/mol. The zero-order valence-corrected chi connectivity index (χ0v) is 10.3. The van der Waals surface area contributed by atoms with Gasteiger partial charge in [0.15, 0.2) is 9.84 Å². The monoisotopic (exact) mass is 269 g/mol. The van der Waals surface area contributed by atoms with Crippen LogP contribution in [0.3, 0.4) is 0 Å². The fourth-order valence-corrected chi connectivity index (χ4v) is 2.91. The van der Waals surface area contributed by atoms with Crippen molar-refractivity contribution in [3.63, 3.8) is 0 Å². The number of hydrogen-bond acceptors (Lipinski definition) is 6. The third-order valence-corrected chi connectivity index (χ3v) is 3.94. The molecule has 1 N–H and O–H groups in total. The fourth-order valence-electron chi connectivity index (χ4n) is 1.67. The van der Waals surface area contributed by atoms with Crippen molar-refractivity contribution in [3.8, 4) is 0 Å². The first kappa shape index (κ1) is 12.5. The number of anilines is 1. The molecule has 0 fully saturated rings. The average molecular weight is 269 g/mol. The molecule has 2 heterocycles. The normalized spacial score (nSPS) is 20.8. The van der Waals surface area contributed by atoms with Crippen molar-refractivity contribution in [3.05, 3.63) is 39.4 Å². The first-order valence-electron chi connectivity index (χ1n) is 5.16. The molecule has 1 atom stereocenters. The second-order valence-electron chi connectivity index (χ2n) is 4.02. The number of hydrogen-bond donors (Lipinski definition) is 1. The number of sulfone groups is 1. The summed E-state index contributed by atoms with van der Waals surface area (Å²) < 4.78 is 22.4. The van der Waals surface area contributed by atoms with E-state index in [-0.39, 0.29) is 17.5 Å². The molecule has 0 saturated heterocycles. The molecule has 7 nitrogen and oxygen atoms in total. The molecular formula is C10H11N3O4S. The number of nitrogens with zero attached hydrogens (tertiary/aromatic N) is 2. The molecule has 1 aromatic rings. The predicted molar refractivity (Wildman–Crippen MR) is 66.0 cm³/mol. The van der Waals surface area contributed by atoms with Crippen LogP contribution in [0.2, 0.25) is 0 Å². The molecule has 2 rings (SSSR count). The summed E-state index contributed by atoms with van der Waals surface area (Å²) >= 11 is 0. The first-order chi connectivity index (χ1) is 8.37. The molecule has 1 aliphatic heterocycles. The van der Waals surface area contributed by atoms with Crippen molar-refractivity contribution >= 4 is 21.3 Å². The van der Waals surface area contributed by atoms with Gasteiger partial charge in [-0.05, 0) is 19.1 Å². The van der Waals surface area contributed by atoms with Gasteiger partial charge in [-0.1, -0.05) is 0 Å². The van der Waals surface area contributed by atoms with Gasteiger partial charge in [0, 0.05) is 11.0 Å². The van der Waals surface area contributed by atoms with E-state index in [1.807, 2.05) is 0 Å². The second-order valence-corrected chi connectivity index (χ2v) is 5.95. The molecule has 1 aromatic heterocycles. The van der Waals surface area contributed by atoms with E-state index >= 15 is 0 Å². The fraction of sp³-hybridized carbons (Fsp3) is 0.300. The third-order valence-electron chi connectivity index (χ3n) is 2.54. The van der Waals surface area contributed by atoms with Crippen molar-refractivity contribution < 1.29 is 13.3 Å². The van der Waals surface area contributed by atoms with Crippen molar-refractivity contribution in [2.24, 2.45) is 0 Å². The molecule has 0 aromatic carbocycles. The van der Waals surface area contributed by atoms with E-state index < -0.39 is 14.8 Å². The molecule has 8 heteroatoms. The summed E-state index contributed by atoms with van der Waals surface area (Å²) in [5.74, 6) is 0.398. The number of aromatic nitrogens is 1. The largest absolute Gasteiger partial charge is 0.363 e. The Kier molecular flexibility index (Phi) is 3.04. The molecule has 0 spiro atoms. The highest BCUT2D eigenvalue weighted by Crippen LogP contribution is 2.20. The molecule has 0 radical (unpaired) electrons. The number of rotatable bonds is 3. The Labute approximate surface area is 104 Å². The lowest BCUT2D eigenvalue weighted by Gasteiger charge is -2.10. The van der Waals surface area contributed by atoms with Gasteiger partial charge in [-0.15, -0.1) is 0 Å². The molecule has 1 unspecified atom stereocenters. The standard InChI is InChI=1S/C10H11N3O4S/c1-7-4-10(11-5-9(7)13(14)15)12-8-2-3-18(16,17)6-8/h2-5,8H,6H2,1H3,(H,11,12). The van der Waals surface area contributed by atoms with Crippen LogP contribution in [-0.2, 0) is 9.84 Å². The first-order valence-corrected chi connectivity index (χ1v) is 6.87. The minimum absolute atomic E-state index is 0.0231. The van der Waals surface area contributed by atoms with Gasteiger partial charge in [-0.2, -0.15) is 0 Å². The molecule has 0 bridgehead atoms. The second kappa shape index (κ2) is 4.37. The SMILES string of the molecule is Cc1cc(NC2C=CS(=O)(=O)C2)ncc1[N+](=O)[O-]. The predicted octanol–water partition coefficient (Wildman–Crippen LogP) is 1.02. The van der Waals surface area contributed by atoms with Gasteiger partial charge < -0.3 is 5.32 Å². The number of nitrogens with one attached hydrogen (secondary N) is 1. The minimum atomic E-state index is -3.13. The summed E-state index contributed by atoms with van der Waals surface area (Å²) in [6.45, 7) is 1.60. The van der Waals surface area contributed by atoms with Crippen molar-refractivity contribution in [1.82, 2.24) is 4.98 Å². The van der Waals surface area contributed by atoms with Gasteiger partial charge in [-0.25, -0.2) is 13.4 Å². The highest BCUT2D eigenvalue weighted by atomic mass is 32.2. The molecule has 1 aliphatic rings. The minimum Gasteiger partial charge on any atom is -0.363 e. The average Bonchev–Trinajstić information content (AvgIpc) is 2.57. The van der Waals surface area contributed by atoms with E-state index in [4.69, 9.17) is 0 Å². The quantitative estimate of drug-likeness (QED) is 0.649. The van der Waals surface area contributed by atoms with Crippen LogP contribution in [0.1, 0.15) is 5.56 Å². The van der Waals surface area contributed by atoms with E-state index in [2.05, 4.69) is 10.3 Å². The summed E-state index contributed by atoms with van der Waals surface area (Å²) in [4.78, 5) is 14.0. The molecule has 96 valence electrons. The van der Waals surface area contributed by atoms with Gasteiger partial charge >= 0.3 is 0 Å². The highest BCUT2D eigenvalue weighted by Gasteiger charge is 2.22. The van der Waals surface area contributed by atoms with Gasteiger partial charge in [0.25, 0.3) is 5.69 Å². The highest BCUT2D eigenvalue weighted by molar-refractivity contribution is 7.94. The van der Waals surface area contributed by atoms with Crippen LogP contribution in [0.15, 0.2) is 23.7 Å².